The third-order valence-electron chi connectivity index (χ3n) is 2.38. The van der Waals surface area contributed by atoms with Crippen molar-refractivity contribution < 1.29 is 18.3 Å². The number of aliphatic hydroxyl groups is 1. The van der Waals surface area contributed by atoms with Crippen LogP contribution < -0.4 is 15.8 Å². The van der Waals surface area contributed by atoms with Gasteiger partial charge in [0.1, 0.15) is 6.10 Å². The Hall–Kier alpha value is -1.64. The predicted octanol–water partition coefficient (Wildman–Crippen LogP) is -0.369. The molecule has 0 fully saturated rings. The van der Waals surface area contributed by atoms with Crippen LogP contribution in [0.25, 0.3) is 0 Å². The first-order valence-corrected chi connectivity index (χ1v) is 7.54. The second-order valence-electron chi connectivity index (χ2n) is 4.60. The van der Waals surface area contributed by atoms with E-state index in [1.54, 1.807) is 26.0 Å². The fourth-order valence-corrected chi connectivity index (χ4v) is 2.70. The minimum absolute atomic E-state index is 0.0360. The fraction of sp³-hybridized carbons (Fsp3) is 0.417. The van der Waals surface area contributed by atoms with E-state index in [9.17, 15) is 18.3 Å². The van der Waals surface area contributed by atoms with E-state index in [0.29, 0.717) is 5.69 Å². The third kappa shape index (κ3) is 4.80. The molecule has 1 rings (SSSR count). The highest BCUT2D eigenvalue weighted by Gasteiger charge is 2.15. The summed E-state index contributed by atoms with van der Waals surface area (Å²) in [6, 6.07) is 5.77. The molecule has 1 amide bonds. The zero-order valence-electron chi connectivity index (χ0n) is 11.3. The highest BCUT2D eigenvalue weighted by Crippen LogP contribution is 2.14. The summed E-state index contributed by atoms with van der Waals surface area (Å²) >= 11 is 0. The second kappa shape index (κ2) is 6.69. The Morgan fingerprint density at radius 2 is 1.85 bits per heavy atom. The van der Waals surface area contributed by atoms with Gasteiger partial charge in [-0.25, -0.2) is 13.1 Å². The monoisotopic (exact) mass is 301 g/mol. The summed E-state index contributed by atoms with van der Waals surface area (Å²) in [5.74, 6) is -0.821. The molecule has 0 aliphatic carbocycles. The minimum Gasteiger partial charge on any atom is -0.382 e. The van der Waals surface area contributed by atoms with Crippen molar-refractivity contribution in [2.24, 2.45) is 5.73 Å². The van der Waals surface area contributed by atoms with E-state index in [2.05, 4.69) is 10.0 Å². The largest absolute Gasteiger partial charge is 0.382 e. The van der Waals surface area contributed by atoms with Crippen molar-refractivity contribution in [3.8, 4) is 0 Å². The number of hydrogen-bond acceptors (Lipinski definition) is 5. The average Bonchev–Trinajstić information content (AvgIpc) is 2.34. The van der Waals surface area contributed by atoms with Gasteiger partial charge in [0.15, 0.2) is 0 Å². The highest BCUT2D eigenvalue weighted by atomic mass is 32.2. The molecule has 0 aromatic heterocycles. The van der Waals surface area contributed by atoms with Crippen LogP contribution in [0, 0.1) is 0 Å². The molecular weight excluding hydrogens is 282 g/mol. The quantitative estimate of drug-likeness (QED) is 0.547. The number of primary amides is 1. The summed E-state index contributed by atoms with van der Waals surface area (Å²) < 4.78 is 26.2. The van der Waals surface area contributed by atoms with E-state index in [-0.39, 0.29) is 17.5 Å². The molecule has 0 spiro atoms. The fourth-order valence-electron chi connectivity index (χ4n) is 1.45. The van der Waals surface area contributed by atoms with Crippen LogP contribution in [-0.4, -0.2) is 38.1 Å². The van der Waals surface area contributed by atoms with Gasteiger partial charge >= 0.3 is 0 Å². The van der Waals surface area contributed by atoms with Crippen LogP contribution >= 0.6 is 0 Å². The van der Waals surface area contributed by atoms with Crippen molar-refractivity contribution in [1.29, 1.82) is 0 Å². The molecule has 1 unspecified atom stereocenters. The van der Waals surface area contributed by atoms with E-state index < -0.39 is 22.0 Å². The van der Waals surface area contributed by atoms with Crippen LogP contribution in [-0.2, 0) is 14.8 Å². The summed E-state index contributed by atoms with van der Waals surface area (Å²) in [6.45, 7) is 3.43. The number of aliphatic hydroxyl groups excluding tert-OH is 1. The predicted molar refractivity (Wildman–Crippen MR) is 75.6 cm³/mol. The van der Waals surface area contributed by atoms with Crippen molar-refractivity contribution in [3.63, 3.8) is 0 Å². The molecule has 7 nitrogen and oxygen atoms in total. The molecule has 0 aliphatic heterocycles. The second-order valence-corrected chi connectivity index (χ2v) is 6.31. The molecular formula is C12H19N3O4S. The molecule has 1 aromatic rings. The lowest BCUT2D eigenvalue weighted by Crippen LogP contribution is -2.34. The van der Waals surface area contributed by atoms with Gasteiger partial charge in [0.25, 0.3) is 0 Å². The number of rotatable bonds is 7. The molecule has 8 heteroatoms. The maximum atomic E-state index is 11.9. The maximum Gasteiger partial charge on any atom is 0.248 e. The Morgan fingerprint density at radius 1 is 1.30 bits per heavy atom. The Morgan fingerprint density at radius 3 is 2.30 bits per heavy atom. The SMILES string of the molecule is CC(C)NS(=O)(=O)c1ccc(NCC(O)C(N)=O)cc1. The maximum absolute atomic E-state index is 11.9. The van der Waals surface area contributed by atoms with Gasteiger partial charge in [0, 0.05) is 18.3 Å². The zero-order valence-corrected chi connectivity index (χ0v) is 12.1. The van der Waals surface area contributed by atoms with E-state index >= 15 is 0 Å². The van der Waals surface area contributed by atoms with Crippen LogP contribution in [0.3, 0.4) is 0 Å². The van der Waals surface area contributed by atoms with E-state index in [4.69, 9.17) is 5.73 Å². The Kier molecular flexibility index (Phi) is 5.49. The molecule has 0 saturated carbocycles. The van der Waals surface area contributed by atoms with Crippen LogP contribution in [0.1, 0.15) is 13.8 Å². The van der Waals surface area contributed by atoms with Crippen LogP contribution in [0.15, 0.2) is 29.2 Å². The number of carbonyl (C=O) groups excluding carboxylic acids is 1. The number of carbonyl (C=O) groups is 1. The molecule has 20 heavy (non-hydrogen) atoms. The van der Waals surface area contributed by atoms with Crippen LogP contribution in [0.4, 0.5) is 5.69 Å². The first-order valence-electron chi connectivity index (χ1n) is 6.06. The molecule has 1 aromatic carbocycles. The lowest BCUT2D eigenvalue weighted by Gasteiger charge is -2.12. The van der Waals surface area contributed by atoms with Gasteiger partial charge in [-0.1, -0.05) is 0 Å². The molecule has 0 radical (unpaired) electrons. The third-order valence-corrected chi connectivity index (χ3v) is 4.06. The standard InChI is InChI=1S/C12H19N3O4S/c1-8(2)15-20(18,19)10-5-3-9(4-6-10)14-7-11(16)12(13)17/h3-6,8,11,14-16H,7H2,1-2H3,(H2,13,17). The summed E-state index contributed by atoms with van der Waals surface area (Å²) in [6.07, 6.45) is -1.29. The number of anilines is 1. The summed E-state index contributed by atoms with van der Waals surface area (Å²) in [5.41, 5.74) is 5.49. The first-order chi connectivity index (χ1) is 9.22. The molecule has 1 atom stereocenters. The number of amides is 1. The van der Waals surface area contributed by atoms with Gasteiger partial charge in [-0.05, 0) is 38.1 Å². The smallest absolute Gasteiger partial charge is 0.248 e. The molecule has 112 valence electrons. The van der Waals surface area contributed by atoms with E-state index in [1.807, 2.05) is 0 Å². The highest BCUT2D eigenvalue weighted by molar-refractivity contribution is 7.89. The molecule has 0 heterocycles. The van der Waals surface area contributed by atoms with Crippen LogP contribution in [0.2, 0.25) is 0 Å². The van der Waals surface area contributed by atoms with Crippen LogP contribution in [0.5, 0.6) is 0 Å². The topological polar surface area (TPSA) is 122 Å². The lowest BCUT2D eigenvalue weighted by atomic mass is 10.3. The van der Waals surface area contributed by atoms with Gasteiger partial charge in [0.05, 0.1) is 4.90 Å². The van der Waals surface area contributed by atoms with Gasteiger partial charge in [-0.3, -0.25) is 4.79 Å². The number of nitrogens with two attached hydrogens (primary N) is 1. The number of nitrogens with one attached hydrogen (secondary N) is 2. The normalized spacial score (nSPS) is 13.2. The molecule has 0 aliphatic rings. The van der Waals surface area contributed by atoms with Crippen molar-refractivity contribution in [1.82, 2.24) is 4.72 Å². The summed E-state index contributed by atoms with van der Waals surface area (Å²) in [7, 11) is -3.52. The first kappa shape index (κ1) is 16.4. The average molecular weight is 301 g/mol. The van der Waals surface area contributed by atoms with Gasteiger partial charge in [-0.2, -0.15) is 0 Å². The Balaban J connectivity index is 2.72. The van der Waals surface area contributed by atoms with E-state index in [0.717, 1.165) is 0 Å². The summed E-state index contributed by atoms with van der Waals surface area (Å²) in [4.78, 5) is 10.8. The summed E-state index contributed by atoms with van der Waals surface area (Å²) in [5, 5.41) is 12.0. The zero-order chi connectivity index (χ0) is 15.3. The van der Waals surface area contributed by atoms with Crippen molar-refractivity contribution >= 4 is 21.6 Å². The molecule has 5 N–H and O–H groups in total. The van der Waals surface area contributed by atoms with Crippen molar-refractivity contribution in [2.75, 3.05) is 11.9 Å². The molecule has 0 bridgehead atoms. The lowest BCUT2D eigenvalue weighted by molar-refractivity contribution is -0.125. The number of hydrogen-bond donors (Lipinski definition) is 4. The van der Waals surface area contributed by atoms with Crippen molar-refractivity contribution in [3.05, 3.63) is 24.3 Å². The van der Waals surface area contributed by atoms with E-state index in [1.165, 1.54) is 12.1 Å². The van der Waals surface area contributed by atoms with Gasteiger partial charge in [-0.15, -0.1) is 0 Å². The Labute approximate surface area is 118 Å². The van der Waals surface area contributed by atoms with Gasteiger partial charge < -0.3 is 16.2 Å². The number of sulfonamides is 1. The molecule has 0 saturated heterocycles. The number of benzene rings is 1. The van der Waals surface area contributed by atoms with Crippen molar-refractivity contribution in [2.45, 2.75) is 30.9 Å². The minimum atomic E-state index is -3.52. The van der Waals surface area contributed by atoms with Gasteiger partial charge in [0.2, 0.25) is 15.9 Å². The Bertz CT molecular complexity index is 555.